The van der Waals surface area contributed by atoms with Crippen molar-refractivity contribution in [2.45, 2.75) is 19.4 Å². The van der Waals surface area contributed by atoms with Crippen molar-refractivity contribution in [2.24, 2.45) is 0 Å². The van der Waals surface area contributed by atoms with E-state index >= 15 is 0 Å². The van der Waals surface area contributed by atoms with Gasteiger partial charge in [0.15, 0.2) is 15.2 Å². The lowest BCUT2D eigenvalue weighted by Gasteiger charge is -2.21. The predicted octanol–water partition coefficient (Wildman–Crippen LogP) is 3.58. The van der Waals surface area contributed by atoms with E-state index in [2.05, 4.69) is 22.9 Å². The Balaban J connectivity index is 2.07. The molecule has 1 aromatic carbocycles. The third-order valence-corrected chi connectivity index (χ3v) is 4.61. The third-order valence-electron chi connectivity index (χ3n) is 3.18. The van der Waals surface area contributed by atoms with E-state index in [0.717, 1.165) is 23.4 Å². The van der Waals surface area contributed by atoms with Crippen molar-refractivity contribution in [3.8, 4) is 0 Å². The van der Waals surface area contributed by atoms with Crippen molar-refractivity contribution in [1.82, 2.24) is 4.98 Å². The molecule has 1 aliphatic rings. The summed E-state index contributed by atoms with van der Waals surface area (Å²) in [6, 6.07) is 8.33. The van der Waals surface area contributed by atoms with E-state index in [1.165, 1.54) is 5.56 Å². The van der Waals surface area contributed by atoms with Crippen LogP contribution in [0.15, 0.2) is 24.3 Å². The molecule has 1 aromatic heterocycles. The van der Waals surface area contributed by atoms with Gasteiger partial charge in [-0.05, 0) is 25.0 Å². The first kappa shape index (κ1) is 12.4. The number of thiazole rings is 1. The van der Waals surface area contributed by atoms with Gasteiger partial charge in [-0.25, -0.2) is 9.78 Å². The number of fused-ring (bicyclic) bond motifs is 1. The molecule has 98 valence electrons. The standard InChI is InChI=1S/C13H11ClN2O2S/c1-7-6-8-4-2-3-5-9(8)16(7)13-15-11(14)10(19-13)12(17)18/h2-5,7H,6H2,1H3,(H,17,18). The Bertz CT molecular complexity index is 656. The van der Waals surface area contributed by atoms with Crippen LogP contribution in [0.1, 0.15) is 22.2 Å². The van der Waals surface area contributed by atoms with Crippen LogP contribution in [0.25, 0.3) is 0 Å². The number of para-hydroxylation sites is 1. The van der Waals surface area contributed by atoms with Crippen molar-refractivity contribution in [3.63, 3.8) is 0 Å². The average Bonchev–Trinajstić information content (AvgIpc) is 2.88. The number of carboxylic acids is 1. The number of nitrogens with zero attached hydrogens (tertiary/aromatic N) is 2. The Kier molecular flexibility index (Phi) is 2.95. The van der Waals surface area contributed by atoms with Crippen LogP contribution < -0.4 is 4.90 Å². The summed E-state index contributed by atoms with van der Waals surface area (Å²) in [4.78, 5) is 17.4. The molecule has 2 heterocycles. The van der Waals surface area contributed by atoms with Gasteiger partial charge in [0, 0.05) is 11.7 Å². The minimum Gasteiger partial charge on any atom is -0.477 e. The number of halogens is 1. The Morgan fingerprint density at radius 2 is 2.26 bits per heavy atom. The molecule has 6 heteroatoms. The predicted molar refractivity (Wildman–Crippen MR) is 75.8 cm³/mol. The van der Waals surface area contributed by atoms with E-state index in [0.29, 0.717) is 5.13 Å². The van der Waals surface area contributed by atoms with Gasteiger partial charge in [0.25, 0.3) is 0 Å². The van der Waals surface area contributed by atoms with Crippen LogP contribution in [-0.4, -0.2) is 22.1 Å². The topological polar surface area (TPSA) is 53.4 Å². The number of benzene rings is 1. The highest BCUT2D eigenvalue weighted by Gasteiger charge is 2.30. The molecule has 1 aliphatic heterocycles. The molecule has 2 aromatic rings. The Hall–Kier alpha value is -1.59. The Labute approximate surface area is 119 Å². The molecule has 3 rings (SSSR count). The zero-order chi connectivity index (χ0) is 13.6. The second-order valence-corrected chi connectivity index (χ2v) is 5.81. The summed E-state index contributed by atoms with van der Waals surface area (Å²) in [6.07, 6.45) is 0.926. The quantitative estimate of drug-likeness (QED) is 0.920. The number of aromatic carboxylic acids is 1. The van der Waals surface area contributed by atoms with Gasteiger partial charge in [-0.3, -0.25) is 0 Å². The molecule has 0 saturated carbocycles. The van der Waals surface area contributed by atoms with E-state index in [1.54, 1.807) is 0 Å². The van der Waals surface area contributed by atoms with Crippen LogP contribution in [-0.2, 0) is 6.42 Å². The van der Waals surface area contributed by atoms with Crippen LogP contribution in [0.2, 0.25) is 5.15 Å². The van der Waals surface area contributed by atoms with E-state index in [9.17, 15) is 4.79 Å². The average molecular weight is 295 g/mol. The van der Waals surface area contributed by atoms with E-state index in [1.807, 2.05) is 18.2 Å². The first-order chi connectivity index (χ1) is 9.08. The molecule has 1 N–H and O–H groups in total. The lowest BCUT2D eigenvalue weighted by Crippen LogP contribution is -2.23. The molecular formula is C13H11ClN2O2S. The molecule has 0 saturated heterocycles. The zero-order valence-electron chi connectivity index (χ0n) is 10.1. The molecule has 1 unspecified atom stereocenters. The molecule has 0 spiro atoms. The SMILES string of the molecule is CC1Cc2ccccc2N1c1nc(Cl)c(C(=O)O)s1. The molecule has 4 nitrogen and oxygen atoms in total. The monoisotopic (exact) mass is 294 g/mol. The van der Waals surface area contributed by atoms with Crippen molar-refractivity contribution in [2.75, 3.05) is 4.90 Å². The fourth-order valence-electron chi connectivity index (χ4n) is 2.38. The summed E-state index contributed by atoms with van der Waals surface area (Å²) in [5.41, 5.74) is 2.33. The molecule has 0 amide bonds. The molecule has 1 atom stereocenters. The first-order valence-corrected chi connectivity index (χ1v) is 7.04. The van der Waals surface area contributed by atoms with Crippen LogP contribution in [0.3, 0.4) is 0 Å². The number of carboxylic acid groups (broad SMARTS) is 1. The molecule has 0 fully saturated rings. The summed E-state index contributed by atoms with van der Waals surface area (Å²) in [5.74, 6) is -1.03. The van der Waals surface area contributed by atoms with E-state index < -0.39 is 5.97 Å². The first-order valence-electron chi connectivity index (χ1n) is 5.84. The van der Waals surface area contributed by atoms with Crippen molar-refractivity contribution in [3.05, 3.63) is 39.9 Å². The van der Waals surface area contributed by atoms with Gasteiger partial charge in [0.2, 0.25) is 0 Å². The second kappa shape index (κ2) is 4.51. The van der Waals surface area contributed by atoms with Gasteiger partial charge in [0.1, 0.15) is 0 Å². The largest absolute Gasteiger partial charge is 0.477 e. The Morgan fingerprint density at radius 1 is 1.53 bits per heavy atom. The smallest absolute Gasteiger partial charge is 0.349 e. The molecular weight excluding hydrogens is 284 g/mol. The summed E-state index contributed by atoms with van der Waals surface area (Å²) in [6.45, 7) is 2.09. The maximum atomic E-state index is 11.0. The molecule has 0 radical (unpaired) electrons. The van der Waals surface area contributed by atoms with Gasteiger partial charge >= 0.3 is 5.97 Å². The van der Waals surface area contributed by atoms with Crippen LogP contribution in [0, 0.1) is 0 Å². The Morgan fingerprint density at radius 3 is 2.95 bits per heavy atom. The number of rotatable bonds is 2. The van der Waals surface area contributed by atoms with E-state index in [-0.39, 0.29) is 16.1 Å². The highest BCUT2D eigenvalue weighted by molar-refractivity contribution is 7.18. The lowest BCUT2D eigenvalue weighted by molar-refractivity contribution is 0.0702. The number of aromatic nitrogens is 1. The number of hydrogen-bond donors (Lipinski definition) is 1. The maximum absolute atomic E-state index is 11.0. The summed E-state index contributed by atoms with van der Waals surface area (Å²) in [5, 5.41) is 9.75. The zero-order valence-corrected chi connectivity index (χ0v) is 11.7. The molecule has 0 aliphatic carbocycles. The van der Waals surface area contributed by atoms with Crippen LogP contribution >= 0.6 is 22.9 Å². The van der Waals surface area contributed by atoms with E-state index in [4.69, 9.17) is 16.7 Å². The second-order valence-electron chi connectivity index (χ2n) is 4.47. The normalized spacial score (nSPS) is 17.6. The van der Waals surface area contributed by atoms with Crippen molar-refractivity contribution < 1.29 is 9.90 Å². The number of carbonyl (C=O) groups is 1. The number of hydrogen-bond acceptors (Lipinski definition) is 4. The van der Waals surface area contributed by atoms with Crippen LogP contribution in [0.5, 0.6) is 0 Å². The lowest BCUT2D eigenvalue weighted by atomic mass is 10.1. The fourth-order valence-corrected chi connectivity index (χ4v) is 3.62. The van der Waals surface area contributed by atoms with Gasteiger partial charge in [0.05, 0.1) is 0 Å². The van der Waals surface area contributed by atoms with Gasteiger partial charge in [-0.2, -0.15) is 0 Å². The van der Waals surface area contributed by atoms with Crippen molar-refractivity contribution in [1.29, 1.82) is 0 Å². The summed E-state index contributed by atoms with van der Waals surface area (Å²) >= 11 is 7.00. The van der Waals surface area contributed by atoms with Gasteiger partial charge in [-0.15, -0.1) is 0 Å². The number of anilines is 2. The highest BCUT2D eigenvalue weighted by atomic mass is 35.5. The minimum atomic E-state index is -1.03. The van der Waals surface area contributed by atoms with Crippen molar-refractivity contribution >= 4 is 39.7 Å². The molecule has 19 heavy (non-hydrogen) atoms. The van der Waals surface area contributed by atoms with Gasteiger partial charge < -0.3 is 10.0 Å². The third kappa shape index (κ3) is 1.99. The van der Waals surface area contributed by atoms with Gasteiger partial charge in [-0.1, -0.05) is 41.1 Å². The maximum Gasteiger partial charge on any atom is 0.349 e. The fraction of sp³-hybridized carbons (Fsp3) is 0.231. The highest BCUT2D eigenvalue weighted by Crippen LogP contribution is 2.41. The summed E-state index contributed by atoms with van der Waals surface area (Å²) < 4.78 is 0. The summed E-state index contributed by atoms with van der Waals surface area (Å²) in [7, 11) is 0. The minimum absolute atomic E-state index is 0.0593. The van der Waals surface area contributed by atoms with Crippen LogP contribution in [0.4, 0.5) is 10.8 Å². The molecule has 0 bridgehead atoms.